The lowest BCUT2D eigenvalue weighted by Gasteiger charge is -2.38. The molecular weight excluding hydrogens is 982 g/mol. The zero-order valence-corrected chi connectivity index (χ0v) is 40.8. The molecule has 8 heterocycles. The molecular formula is C50H53F3N14O8. The van der Waals surface area contributed by atoms with Gasteiger partial charge in [0.25, 0.3) is 5.91 Å². The maximum atomic E-state index is 13.5. The molecule has 5 aromatic rings. The number of pyridine rings is 2. The third-order valence-electron chi connectivity index (χ3n) is 13.5. The largest absolute Gasteiger partial charge is 0.484 e. The van der Waals surface area contributed by atoms with Crippen molar-refractivity contribution in [1.29, 1.82) is 5.26 Å². The first-order valence-electron chi connectivity index (χ1n) is 24.2. The third-order valence-corrected chi connectivity index (χ3v) is 13.5. The molecule has 392 valence electrons. The molecule has 4 aliphatic rings. The molecule has 75 heavy (non-hydrogen) atoms. The van der Waals surface area contributed by atoms with E-state index in [1.165, 1.54) is 0 Å². The first-order chi connectivity index (χ1) is 36.0. The number of fused-ring (bicyclic) bond motifs is 2. The number of hydrogen-bond donors (Lipinski definition) is 5. The fourth-order valence-electron chi connectivity index (χ4n) is 9.44. The number of nitrogens with zero attached hydrogens (tertiary/aromatic N) is 11. The van der Waals surface area contributed by atoms with Gasteiger partial charge < -0.3 is 55.2 Å². The summed E-state index contributed by atoms with van der Waals surface area (Å²) in [7, 11) is 0. The van der Waals surface area contributed by atoms with Crippen molar-refractivity contribution in [2.45, 2.75) is 75.3 Å². The van der Waals surface area contributed by atoms with E-state index in [0.717, 1.165) is 6.20 Å². The summed E-state index contributed by atoms with van der Waals surface area (Å²) in [5.74, 6) is 0.240. The first-order valence-corrected chi connectivity index (χ1v) is 24.2. The molecule has 5 N–H and O–H groups in total. The number of anilines is 3. The van der Waals surface area contributed by atoms with Crippen LogP contribution in [0.4, 0.5) is 35.5 Å². The van der Waals surface area contributed by atoms with Crippen molar-refractivity contribution in [3.8, 4) is 23.1 Å². The van der Waals surface area contributed by atoms with Crippen LogP contribution in [0.25, 0.3) is 11.3 Å². The molecule has 0 unspecified atom stereocenters. The number of Topliss-reactive ketones (excluding diaryl/α,β-unsaturated/α-hetero) is 1. The minimum absolute atomic E-state index is 0.0686. The van der Waals surface area contributed by atoms with Crippen LogP contribution in [0.15, 0.2) is 79.5 Å². The number of aliphatic hydroxyl groups is 2. The van der Waals surface area contributed by atoms with Crippen LogP contribution in [0, 0.1) is 11.3 Å². The summed E-state index contributed by atoms with van der Waals surface area (Å²) < 4.78 is 50.4. The molecule has 4 aliphatic heterocycles. The molecule has 3 fully saturated rings. The quantitative estimate of drug-likeness (QED) is 0.0836. The maximum absolute atomic E-state index is 13.5. The highest BCUT2D eigenvalue weighted by atomic mass is 19.4. The topological polar surface area (TPSA) is 277 Å². The van der Waals surface area contributed by atoms with Crippen LogP contribution in [-0.4, -0.2) is 169 Å². The van der Waals surface area contributed by atoms with E-state index in [2.05, 4.69) is 46.9 Å². The molecule has 3 saturated heterocycles. The van der Waals surface area contributed by atoms with E-state index in [1.54, 1.807) is 66.0 Å². The van der Waals surface area contributed by atoms with E-state index >= 15 is 0 Å². The van der Waals surface area contributed by atoms with Gasteiger partial charge >= 0.3 is 12.2 Å². The molecule has 5 atom stereocenters. The Balaban J connectivity index is 0.683. The van der Waals surface area contributed by atoms with Crippen LogP contribution in [0.1, 0.15) is 53.1 Å². The molecule has 1 aromatic carbocycles. The van der Waals surface area contributed by atoms with Gasteiger partial charge in [-0.3, -0.25) is 19.4 Å². The standard InChI is InChI=1S/C50H53F3N14O8/c1-49(2)45(72)34-9-10-35(62-46(34)67(49)24-30-7-4-11-56-36(30)18-54)31-19-59-47(60-20-31)64-14-15-66-32(25-64)26-65(48(66)73)13-5-12-57-42(69)28-74-33-8-3-6-29(16-33)17-41(68)58-21-38-44(71)43(70)37(27-75-38)61-40-23-55-22-39(63-40)50(51,52)53/h3-4,6-11,16,19-20,22-23,32,37-38,43-44,70-71H,5,12-15,17,21,24-28H2,1-2H3,(H,57,69)(H,58,68)(H,61,63)/t32-,37-,38+,43+,44-/m0/s1. The molecule has 4 aromatic heterocycles. The number of benzene rings is 1. The van der Waals surface area contributed by atoms with Gasteiger partial charge in [0.1, 0.15) is 47.5 Å². The monoisotopic (exact) mass is 1030 g/mol. The summed E-state index contributed by atoms with van der Waals surface area (Å²) in [4.78, 5) is 85.3. The van der Waals surface area contributed by atoms with Gasteiger partial charge in [-0.2, -0.15) is 18.4 Å². The zero-order valence-electron chi connectivity index (χ0n) is 40.8. The van der Waals surface area contributed by atoms with E-state index in [0.29, 0.717) is 97.3 Å². The van der Waals surface area contributed by atoms with Crippen LogP contribution in [0.3, 0.4) is 0 Å². The van der Waals surface area contributed by atoms with Crippen molar-refractivity contribution in [3.05, 3.63) is 108 Å². The molecule has 0 saturated carbocycles. The molecule has 25 heteroatoms. The summed E-state index contributed by atoms with van der Waals surface area (Å²) in [5, 5.41) is 39.0. The Bertz CT molecular complexity index is 2980. The molecule has 9 rings (SSSR count). The van der Waals surface area contributed by atoms with E-state index in [4.69, 9.17) is 14.5 Å². The van der Waals surface area contributed by atoms with Gasteiger partial charge in [-0.1, -0.05) is 18.2 Å². The van der Waals surface area contributed by atoms with Crippen molar-refractivity contribution >= 4 is 41.2 Å². The van der Waals surface area contributed by atoms with Gasteiger partial charge in [0.05, 0.1) is 54.3 Å². The van der Waals surface area contributed by atoms with Crippen molar-refractivity contribution in [2.75, 3.05) is 74.1 Å². The Morgan fingerprint density at radius 2 is 1.77 bits per heavy atom. The van der Waals surface area contributed by atoms with Crippen molar-refractivity contribution < 1.29 is 52.0 Å². The number of urea groups is 1. The number of aromatic nitrogens is 6. The van der Waals surface area contributed by atoms with E-state index in [-0.39, 0.29) is 68.0 Å². The molecule has 0 spiro atoms. The SMILES string of the molecule is CC1(C)C(=O)c2ccc(-c3cnc(N4CCN5C(=O)N(CCCNC(=O)COc6cccc(CC(=O)NC[C@H]7OC[C@H](Nc8cncc(C(F)(F)F)n8)[C@@H](O)[C@H]7O)c6)C[C@@H]5C4)nc3)nc2N1Cc1cccnc1C#N. The second kappa shape index (κ2) is 21.8. The minimum Gasteiger partial charge on any atom is -0.484 e. The van der Waals surface area contributed by atoms with Crippen LogP contribution >= 0.6 is 0 Å². The average Bonchev–Trinajstić information content (AvgIpc) is 3.83. The smallest absolute Gasteiger partial charge is 0.434 e. The van der Waals surface area contributed by atoms with Crippen LogP contribution < -0.4 is 30.5 Å². The van der Waals surface area contributed by atoms with E-state index in [1.807, 2.05) is 34.6 Å². The number of amides is 4. The summed E-state index contributed by atoms with van der Waals surface area (Å²) in [6.45, 7) is 6.08. The Kier molecular flexibility index (Phi) is 15.1. The number of hydrogen-bond acceptors (Lipinski definition) is 18. The number of piperazine rings is 1. The van der Waals surface area contributed by atoms with Crippen LogP contribution in [0.2, 0.25) is 0 Å². The molecule has 0 radical (unpaired) electrons. The molecule has 0 bridgehead atoms. The fourth-order valence-corrected chi connectivity index (χ4v) is 9.44. The number of nitriles is 1. The highest BCUT2D eigenvalue weighted by Crippen LogP contribution is 2.40. The Morgan fingerprint density at radius 3 is 2.56 bits per heavy atom. The highest BCUT2D eigenvalue weighted by Gasteiger charge is 2.46. The second-order valence-electron chi connectivity index (χ2n) is 19.0. The Morgan fingerprint density at radius 1 is 0.960 bits per heavy atom. The predicted molar refractivity (Wildman–Crippen MR) is 261 cm³/mol. The highest BCUT2D eigenvalue weighted by molar-refractivity contribution is 6.13. The number of rotatable bonds is 17. The fraction of sp³-hybridized carbons (Fsp3) is 0.420. The summed E-state index contributed by atoms with van der Waals surface area (Å²) in [5.41, 5.74) is 1.15. The molecule has 4 amide bonds. The van der Waals surface area contributed by atoms with Gasteiger partial charge in [-0.15, -0.1) is 0 Å². The number of aliphatic hydroxyl groups excluding tert-OH is 2. The third kappa shape index (κ3) is 11.5. The number of halogens is 3. The lowest BCUT2D eigenvalue weighted by Crippen LogP contribution is -2.58. The second-order valence-corrected chi connectivity index (χ2v) is 19.0. The van der Waals surface area contributed by atoms with Gasteiger partial charge in [-0.05, 0) is 56.2 Å². The van der Waals surface area contributed by atoms with Crippen molar-refractivity contribution in [2.24, 2.45) is 0 Å². The lowest BCUT2D eigenvalue weighted by molar-refractivity contribution is -0.143. The number of ether oxygens (including phenoxy) is 2. The predicted octanol–water partition coefficient (Wildman–Crippen LogP) is 2.37. The van der Waals surface area contributed by atoms with Crippen molar-refractivity contribution in [3.63, 3.8) is 0 Å². The van der Waals surface area contributed by atoms with E-state index in [9.17, 15) is 47.8 Å². The Labute approximate surface area is 427 Å². The van der Waals surface area contributed by atoms with Crippen LogP contribution in [0.5, 0.6) is 5.75 Å². The number of nitrogens with one attached hydrogen (secondary N) is 3. The number of carbonyl (C=O) groups is 4. The lowest BCUT2D eigenvalue weighted by atomic mass is 9.97. The summed E-state index contributed by atoms with van der Waals surface area (Å²) in [6, 6.07) is 14.7. The minimum atomic E-state index is -4.72. The van der Waals surface area contributed by atoms with Gasteiger partial charge in [0, 0.05) is 82.1 Å². The number of carbonyl (C=O) groups excluding carboxylic acids is 4. The first kappa shape index (κ1) is 51.8. The van der Waals surface area contributed by atoms with Gasteiger partial charge in [-0.25, -0.2) is 29.7 Å². The average molecular weight is 1040 g/mol. The molecule has 0 aliphatic carbocycles. The normalized spacial score (nSPS) is 21.1. The van der Waals surface area contributed by atoms with Gasteiger partial charge in [0.15, 0.2) is 18.1 Å². The Hall–Kier alpha value is -8.08. The van der Waals surface area contributed by atoms with Crippen molar-refractivity contribution in [1.82, 2.24) is 50.3 Å². The summed E-state index contributed by atoms with van der Waals surface area (Å²) in [6.07, 6.45) is -1.70. The number of alkyl halides is 3. The zero-order chi connectivity index (χ0) is 53.0. The van der Waals surface area contributed by atoms with Gasteiger partial charge in [0.2, 0.25) is 11.9 Å². The van der Waals surface area contributed by atoms with E-state index < -0.39 is 47.7 Å². The maximum Gasteiger partial charge on any atom is 0.434 e. The number of ketones is 1. The summed E-state index contributed by atoms with van der Waals surface area (Å²) >= 11 is 0. The van der Waals surface area contributed by atoms with Crippen LogP contribution in [-0.2, 0) is 33.5 Å². The molecule has 22 nitrogen and oxygen atoms in total.